The van der Waals surface area contributed by atoms with Crippen molar-refractivity contribution in [1.29, 1.82) is 0 Å². The van der Waals surface area contributed by atoms with Crippen LogP contribution in [-0.4, -0.2) is 25.9 Å². The molecular weight excluding hydrogens is 214 g/mol. The molecule has 1 atom stereocenters. The normalized spacial score (nSPS) is 22.9. The number of fused-ring (bicyclic) bond motifs is 1. The number of nitrogens with one attached hydrogen (secondary N) is 1. The third kappa shape index (κ3) is 2.55. The van der Waals surface area contributed by atoms with Gasteiger partial charge in [0.05, 0.1) is 6.10 Å². The lowest BCUT2D eigenvalue weighted by atomic mass is 10.0. The van der Waals surface area contributed by atoms with Gasteiger partial charge in [0, 0.05) is 24.9 Å². The fourth-order valence-electron chi connectivity index (χ4n) is 2.49. The second kappa shape index (κ2) is 4.96. The van der Waals surface area contributed by atoms with Crippen molar-refractivity contribution in [2.24, 2.45) is 0 Å². The molecule has 0 amide bonds. The number of ether oxygens (including phenoxy) is 2. The average Bonchev–Trinajstić information content (AvgIpc) is 2.89. The Morgan fingerprint density at radius 3 is 3.24 bits per heavy atom. The van der Waals surface area contributed by atoms with Crippen LogP contribution in [0.2, 0.25) is 0 Å². The lowest BCUT2D eigenvalue weighted by Crippen LogP contribution is -2.17. The van der Waals surface area contributed by atoms with Crippen LogP contribution in [0.3, 0.4) is 0 Å². The Bertz CT molecular complexity index is 386. The number of rotatable bonds is 3. The van der Waals surface area contributed by atoms with Gasteiger partial charge >= 0.3 is 0 Å². The smallest absolute Gasteiger partial charge is 0.121 e. The molecular formula is C14H19NO2. The molecule has 2 heterocycles. The quantitative estimate of drug-likeness (QED) is 0.870. The lowest BCUT2D eigenvalue weighted by molar-refractivity contribution is 0.0680. The number of benzene rings is 1. The van der Waals surface area contributed by atoms with Crippen molar-refractivity contribution in [3.8, 4) is 5.75 Å². The zero-order chi connectivity index (χ0) is 11.5. The molecule has 1 unspecified atom stereocenters. The fourth-order valence-corrected chi connectivity index (χ4v) is 2.49. The van der Waals surface area contributed by atoms with Gasteiger partial charge in [-0.05, 0) is 37.3 Å². The number of aryl methyl sites for hydroxylation is 1. The van der Waals surface area contributed by atoms with Crippen LogP contribution in [0.4, 0.5) is 5.69 Å². The molecule has 3 rings (SSSR count). The molecule has 1 saturated heterocycles. The fraction of sp³-hybridized carbons (Fsp3) is 0.571. The van der Waals surface area contributed by atoms with Gasteiger partial charge in [-0.1, -0.05) is 6.07 Å². The topological polar surface area (TPSA) is 30.5 Å². The van der Waals surface area contributed by atoms with Gasteiger partial charge in [0.1, 0.15) is 12.4 Å². The molecule has 1 N–H and O–H groups in total. The van der Waals surface area contributed by atoms with Crippen molar-refractivity contribution in [3.05, 3.63) is 23.8 Å². The summed E-state index contributed by atoms with van der Waals surface area (Å²) in [5, 5.41) is 3.42. The Morgan fingerprint density at radius 1 is 1.35 bits per heavy atom. The number of hydrogen-bond donors (Lipinski definition) is 1. The summed E-state index contributed by atoms with van der Waals surface area (Å²) >= 11 is 0. The van der Waals surface area contributed by atoms with Crippen LogP contribution in [0.25, 0.3) is 0 Å². The van der Waals surface area contributed by atoms with Gasteiger partial charge in [0.2, 0.25) is 0 Å². The summed E-state index contributed by atoms with van der Waals surface area (Å²) in [6.45, 7) is 2.64. The Kier molecular flexibility index (Phi) is 3.18. The summed E-state index contributed by atoms with van der Waals surface area (Å²) < 4.78 is 11.3. The molecule has 2 aliphatic rings. The van der Waals surface area contributed by atoms with Crippen LogP contribution in [0.5, 0.6) is 5.75 Å². The Hall–Kier alpha value is -1.22. The van der Waals surface area contributed by atoms with E-state index in [1.807, 2.05) is 0 Å². The molecule has 0 aliphatic carbocycles. The molecule has 0 aromatic heterocycles. The van der Waals surface area contributed by atoms with Gasteiger partial charge in [-0.15, -0.1) is 0 Å². The van der Waals surface area contributed by atoms with Crippen molar-refractivity contribution in [1.82, 2.24) is 0 Å². The highest BCUT2D eigenvalue weighted by Gasteiger charge is 2.16. The van der Waals surface area contributed by atoms with Crippen LogP contribution in [0, 0.1) is 0 Å². The molecule has 1 fully saturated rings. The zero-order valence-electron chi connectivity index (χ0n) is 10.1. The van der Waals surface area contributed by atoms with Gasteiger partial charge in [0.15, 0.2) is 0 Å². The second-order valence-electron chi connectivity index (χ2n) is 4.80. The van der Waals surface area contributed by atoms with Crippen molar-refractivity contribution >= 4 is 5.69 Å². The van der Waals surface area contributed by atoms with Gasteiger partial charge in [-0.25, -0.2) is 0 Å². The Balaban J connectivity index is 1.62. The third-order valence-corrected chi connectivity index (χ3v) is 3.48. The molecule has 1 aromatic rings. The molecule has 2 aliphatic heterocycles. The van der Waals surface area contributed by atoms with E-state index in [1.54, 1.807) is 0 Å². The third-order valence-electron chi connectivity index (χ3n) is 3.48. The van der Waals surface area contributed by atoms with Crippen LogP contribution in [0.1, 0.15) is 24.8 Å². The summed E-state index contributed by atoms with van der Waals surface area (Å²) in [5.74, 6) is 0.952. The van der Waals surface area contributed by atoms with E-state index in [0.29, 0.717) is 12.7 Å². The minimum absolute atomic E-state index is 0.291. The van der Waals surface area contributed by atoms with Crippen molar-refractivity contribution in [2.45, 2.75) is 31.8 Å². The molecule has 0 radical (unpaired) electrons. The highest BCUT2D eigenvalue weighted by molar-refractivity contribution is 5.56. The van der Waals surface area contributed by atoms with Gasteiger partial charge in [-0.2, -0.15) is 0 Å². The van der Waals surface area contributed by atoms with E-state index in [9.17, 15) is 0 Å². The average molecular weight is 233 g/mol. The van der Waals surface area contributed by atoms with Crippen molar-refractivity contribution in [3.63, 3.8) is 0 Å². The van der Waals surface area contributed by atoms with E-state index in [4.69, 9.17) is 9.47 Å². The van der Waals surface area contributed by atoms with Gasteiger partial charge in [0.25, 0.3) is 0 Å². The van der Waals surface area contributed by atoms with E-state index in [2.05, 4.69) is 23.5 Å². The second-order valence-corrected chi connectivity index (χ2v) is 4.80. The van der Waals surface area contributed by atoms with Crippen molar-refractivity contribution in [2.75, 3.05) is 25.1 Å². The first-order valence-electron chi connectivity index (χ1n) is 6.53. The van der Waals surface area contributed by atoms with Gasteiger partial charge in [-0.3, -0.25) is 0 Å². The maximum absolute atomic E-state index is 5.79. The van der Waals surface area contributed by atoms with Crippen LogP contribution < -0.4 is 10.1 Å². The maximum atomic E-state index is 5.79. The monoisotopic (exact) mass is 233 g/mol. The summed E-state index contributed by atoms with van der Waals surface area (Å²) in [6, 6.07) is 6.36. The van der Waals surface area contributed by atoms with E-state index in [-0.39, 0.29) is 0 Å². The molecule has 0 saturated carbocycles. The van der Waals surface area contributed by atoms with E-state index < -0.39 is 0 Å². The minimum atomic E-state index is 0.291. The molecule has 3 heteroatoms. The van der Waals surface area contributed by atoms with Crippen LogP contribution >= 0.6 is 0 Å². The number of hydrogen-bond acceptors (Lipinski definition) is 3. The Morgan fingerprint density at radius 2 is 2.35 bits per heavy atom. The highest BCUT2D eigenvalue weighted by atomic mass is 16.5. The minimum Gasteiger partial charge on any atom is -0.491 e. The van der Waals surface area contributed by atoms with Crippen LogP contribution in [0.15, 0.2) is 18.2 Å². The summed E-state index contributed by atoms with van der Waals surface area (Å²) in [4.78, 5) is 0. The summed E-state index contributed by atoms with van der Waals surface area (Å²) in [7, 11) is 0. The van der Waals surface area contributed by atoms with Crippen LogP contribution in [-0.2, 0) is 11.2 Å². The molecule has 0 spiro atoms. The zero-order valence-corrected chi connectivity index (χ0v) is 10.1. The molecule has 3 nitrogen and oxygen atoms in total. The first kappa shape index (κ1) is 10.9. The highest BCUT2D eigenvalue weighted by Crippen LogP contribution is 2.27. The van der Waals surface area contributed by atoms with E-state index in [1.165, 1.54) is 30.5 Å². The number of anilines is 1. The Labute approximate surface area is 102 Å². The molecule has 0 bridgehead atoms. The molecule has 1 aromatic carbocycles. The predicted octanol–water partition coefficient (Wildman–Crippen LogP) is 2.60. The lowest BCUT2D eigenvalue weighted by Gasteiger charge is -2.19. The maximum Gasteiger partial charge on any atom is 0.121 e. The molecule has 17 heavy (non-hydrogen) atoms. The summed E-state index contributed by atoms with van der Waals surface area (Å²) in [6.07, 6.45) is 4.99. The first-order valence-corrected chi connectivity index (χ1v) is 6.53. The summed E-state index contributed by atoms with van der Waals surface area (Å²) in [5.41, 5.74) is 2.64. The van der Waals surface area contributed by atoms with Gasteiger partial charge < -0.3 is 14.8 Å². The largest absolute Gasteiger partial charge is 0.491 e. The standard InChI is InChI=1S/C14H19NO2/c1-3-11-5-6-12(9-14(11)15-7-1)17-10-13-4-2-8-16-13/h5-6,9,13,15H,1-4,7-8,10H2. The first-order chi connectivity index (χ1) is 8.42. The van der Waals surface area contributed by atoms with E-state index >= 15 is 0 Å². The SMILES string of the molecule is c1cc2c(cc1OCC1CCCO1)NCCC2. The van der Waals surface area contributed by atoms with E-state index in [0.717, 1.165) is 25.3 Å². The van der Waals surface area contributed by atoms with Crippen molar-refractivity contribution < 1.29 is 9.47 Å². The predicted molar refractivity (Wildman–Crippen MR) is 67.7 cm³/mol. The molecule has 92 valence electrons.